The molecule has 0 fully saturated rings. The largest absolute Gasteiger partial charge is 0.444 e. The van der Waals surface area contributed by atoms with Gasteiger partial charge in [-0.05, 0) is 12.0 Å². The zero-order valence-electron chi connectivity index (χ0n) is 10.3. The minimum Gasteiger partial charge on any atom is -0.444 e. The molecule has 0 aliphatic heterocycles. The number of benzene rings is 1. The molecule has 0 spiro atoms. The van der Waals surface area contributed by atoms with Crippen molar-refractivity contribution in [2.45, 2.75) is 13.0 Å². The van der Waals surface area contributed by atoms with Crippen LogP contribution in [0.3, 0.4) is 0 Å². The Balaban J connectivity index is 1.80. The predicted molar refractivity (Wildman–Crippen MR) is 70.9 cm³/mol. The van der Waals surface area contributed by atoms with Crippen molar-refractivity contribution in [1.29, 1.82) is 0 Å². The Morgan fingerprint density at radius 2 is 2.00 bits per heavy atom. The summed E-state index contributed by atoms with van der Waals surface area (Å²) in [5, 5.41) is 2.19. The molecule has 19 heavy (non-hydrogen) atoms. The van der Waals surface area contributed by atoms with Crippen LogP contribution in [0.25, 0.3) is 0 Å². The zero-order chi connectivity index (χ0) is 13.5. The first-order valence-corrected chi connectivity index (χ1v) is 5.98. The number of amides is 2. The van der Waals surface area contributed by atoms with Crippen molar-refractivity contribution < 1.29 is 14.3 Å². The summed E-state index contributed by atoms with van der Waals surface area (Å²) in [5.41, 5.74) is 1.34. The van der Waals surface area contributed by atoms with Gasteiger partial charge >= 0.3 is 6.09 Å². The predicted octanol–water partition coefficient (Wildman–Crippen LogP) is 2.53. The van der Waals surface area contributed by atoms with Gasteiger partial charge in [0.15, 0.2) is 0 Å². The number of ether oxygens (including phenoxy) is 1. The van der Waals surface area contributed by atoms with Crippen LogP contribution in [0.2, 0.25) is 0 Å². The first-order chi connectivity index (χ1) is 9.25. The van der Waals surface area contributed by atoms with Crippen LogP contribution in [0.15, 0.2) is 54.1 Å². The Bertz CT molecular complexity index is 517. The van der Waals surface area contributed by atoms with Crippen LogP contribution in [0.5, 0.6) is 0 Å². The first-order valence-electron chi connectivity index (χ1n) is 5.98. The maximum absolute atomic E-state index is 11.7. The van der Waals surface area contributed by atoms with Gasteiger partial charge in [-0.2, -0.15) is 0 Å². The van der Waals surface area contributed by atoms with Gasteiger partial charge in [-0.15, -0.1) is 0 Å². The summed E-state index contributed by atoms with van der Waals surface area (Å²) in [6.07, 6.45) is 7.06. The van der Waals surface area contributed by atoms with Crippen LogP contribution in [0.4, 0.5) is 4.79 Å². The highest BCUT2D eigenvalue weighted by atomic mass is 16.5. The molecule has 2 amide bonds. The molecule has 4 heteroatoms. The molecule has 0 unspecified atom stereocenters. The van der Waals surface area contributed by atoms with Crippen LogP contribution in [0, 0.1) is 6.42 Å². The lowest BCUT2D eigenvalue weighted by atomic mass is 10.0. The van der Waals surface area contributed by atoms with Crippen molar-refractivity contribution >= 4 is 12.0 Å². The van der Waals surface area contributed by atoms with Crippen molar-refractivity contribution in [3.05, 3.63) is 66.1 Å². The number of imide groups is 1. The van der Waals surface area contributed by atoms with E-state index in [2.05, 4.69) is 5.32 Å². The van der Waals surface area contributed by atoms with Gasteiger partial charge in [0, 0.05) is 12.0 Å². The standard InChI is InChI=1S/C15H14NO3/c17-14(13-9-5-2-6-10-13)16-15(18)19-11-12-7-3-1-4-8-12/h1-5,7-10H,6,11H2,(H,16,17,18). The smallest absolute Gasteiger partial charge is 0.414 e. The SMILES string of the molecule is O=C(NC(=O)C1=CC=CC[CH]1)OCc1ccccc1. The van der Waals surface area contributed by atoms with E-state index >= 15 is 0 Å². The number of hydrogen-bond acceptors (Lipinski definition) is 3. The molecular formula is C15H14NO3. The van der Waals surface area contributed by atoms with E-state index in [0.717, 1.165) is 5.56 Å². The van der Waals surface area contributed by atoms with E-state index in [4.69, 9.17) is 4.74 Å². The normalized spacial score (nSPS) is 13.6. The monoisotopic (exact) mass is 256 g/mol. The Hall–Kier alpha value is -2.36. The van der Waals surface area contributed by atoms with Gasteiger partial charge in [-0.25, -0.2) is 4.79 Å². The molecule has 1 aliphatic carbocycles. The second kappa shape index (κ2) is 6.54. The van der Waals surface area contributed by atoms with E-state index in [0.29, 0.717) is 12.0 Å². The van der Waals surface area contributed by atoms with Crippen molar-refractivity contribution in [1.82, 2.24) is 5.32 Å². The summed E-state index contributed by atoms with van der Waals surface area (Å²) in [6.45, 7) is 0.141. The summed E-state index contributed by atoms with van der Waals surface area (Å²) < 4.78 is 4.96. The van der Waals surface area contributed by atoms with E-state index in [9.17, 15) is 9.59 Å². The van der Waals surface area contributed by atoms with Gasteiger partial charge in [0.1, 0.15) is 6.61 Å². The molecule has 1 N–H and O–H groups in total. The molecule has 1 aromatic carbocycles. The number of hydrogen-bond donors (Lipinski definition) is 1. The molecule has 2 rings (SSSR count). The van der Waals surface area contributed by atoms with E-state index in [1.165, 1.54) is 0 Å². The Morgan fingerprint density at radius 1 is 1.21 bits per heavy atom. The van der Waals surface area contributed by atoms with Crippen LogP contribution in [0.1, 0.15) is 12.0 Å². The number of allylic oxidation sites excluding steroid dienone is 3. The molecule has 1 radical (unpaired) electrons. The lowest BCUT2D eigenvalue weighted by Crippen LogP contribution is -2.32. The highest BCUT2D eigenvalue weighted by Gasteiger charge is 2.14. The topological polar surface area (TPSA) is 55.4 Å². The molecule has 0 heterocycles. The zero-order valence-corrected chi connectivity index (χ0v) is 10.3. The van der Waals surface area contributed by atoms with Gasteiger partial charge in [0.05, 0.1) is 0 Å². The summed E-state index contributed by atoms with van der Waals surface area (Å²) >= 11 is 0. The third-order valence-electron chi connectivity index (χ3n) is 2.58. The fraction of sp³-hybridized carbons (Fsp3) is 0.133. The Kier molecular flexibility index (Phi) is 4.50. The lowest BCUT2D eigenvalue weighted by molar-refractivity contribution is -0.116. The van der Waals surface area contributed by atoms with E-state index < -0.39 is 12.0 Å². The van der Waals surface area contributed by atoms with Gasteiger partial charge < -0.3 is 4.74 Å². The summed E-state index contributed by atoms with van der Waals surface area (Å²) in [7, 11) is 0. The number of carbonyl (C=O) groups is 2. The molecule has 1 aromatic rings. The van der Waals surface area contributed by atoms with Crippen molar-refractivity contribution in [2.75, 3.05) is 0 Å². The first kappa shape index (κ1) is 13.1. The highest BCUT2D eigenvalue weighted by molar-refractivity contribution is 6.04. The maximum atomic E-state index is 11.7. The lowest BCUT2D eigenvalue weighted by Gasteiger charge is -2.09. The van der Waals surface area contributed by atoms with Gasteiger partial charge in [0.25, 0.3) is 5.91 Å². The van der Waals surface area contributed by atoms with E-state index in [1.807, 2.05) is 36.4 Å². The Labute approximate surface area is 111 Å². The van der Waals surface area contributed by atoms with Crippen molar-refractivity contribution in [3.63, 3.8) is 0 Å². The molecule has 0 bridgehead atoms. The van der Waals surface area contributed by atoms with E-state index in [-0.39, 0.29) is 6.61 Å². The number of nitrogens with one attached hydrogen (secondary N) is 1. The summed E-state index contributed by atoms with van der Waals surface area (Å²) in [4.78, 5) is 23.1. The average molecular weight is 256 g/mol. The van der Waals surface area contributed by atoms with Crippen LogP contribution >= 0.6 is 0 Å². The molecule has 4 nitrogen and oxygen atoms in total. The third-order valence-corrected chi connectivity index (χ3v) is 2.58. The molecule has 1 aliphatic rings. The van der Waals surface area contributed by atoms with Crippen LogP contribution in [-0.4, -0.2) is 12.0 Å². The summed E-state index contributed by atoms with van der Waals surface area (Å²) in [6, 6.07) is 9.28. The van der Waals surface area contributed by atoms with E-state index in [1.54, 1.807) is 18.6 Å². The summed E-state index contributed by atoms with van der Waals surface area (Å²) in [5.74, 6) is -0.442. The van der Waals surface area contributed by atoms with Gasteiger partial charge in [-0.3, -0.25) is 10.1 Å². The molecule has 0 aromatic heterocycles. The number of carbonyl (C=O) groups excluding carboxylic acids is 2. The fourth-order valence-electron chi connectivity index (χ4n) is 1.61. The second-order valence-electron chi connectivity index (χ2n) is 4.01. The van der Waals surface area contributed by atoms with Crippen molar-refractivity contribution in [2.24, 2.45) is 0 Å². The second-order valence-corrected chi connectivity index (χ2v) is 4.01. The molecule has 0 saturated heterocycles. The third kappa shape index (κ3) is 4.10. The molecular weight excluding hydrogens is 242 g/mol. The number of rotatable bonds is 3. The van der Waals surface area contributed by atoms with Crippen LogP contribution in [-0.2, 0) is 16.1 Å². The molecule has 97 valence electrons. The van der Waals surface area contributed by atoms with Gasteiger partial charge in [0.2, 0.25) is 0 Å². The Morgan fingerprint density at radius 3 is 2.68 bits per heavy atom. The average Bonchev–Trinajstić information content (AvgIpc) is 2.47. The fourth-order valence-corrected chi connectivity index (χ4v) is 1.61. The van der Waals surface area contributed by atoms with Crippen LogP contribution < -0.4 is 5.32 Å². The maximum Gasteiger partial charge on any atom is 0.414 e. The molecule has 0 saturated carbocycles. The molecule has 0 atom stereocenters. The minimum atomic E-state index is -0.738. The number of alkyl carbamates (subject to hydrolysis) is 1. The quantitative estimate of drug-likeness (QED) is 0.904. The van der Waals surface area contributed by atoms with Gasteiger partial charge in [-0.1, -0.05) is 48.6 Å². The highest BCUT2D eigenvalue weighted by Crippen LogP contribution is 2.10. The minimum absolute atomic E-state index is 0.141. The van der Waals surface area contributed by atoms with Crippen molar-refractivity contribution in [3.8, 4) is 0 Å².